The fraction of sp³-hybridized carbons (Fsp3) is 0.333. The lowest BCUT2D eigenvalue weighted by atomic mass is 10.2. The van der Waals surface area contributed by atoms with Crippen LogP contribution in [0, 0.1) is 0 Å². The zero-order valence-electron chi connectivity index (χ0n) is 11.9. The van der Waals surface area contributed by atoms with Crippen LogP contribution in [0.15, 0.2) is 35.1 Å². The van der Waals surface area contributed by atoms with Crippen LogP contribution in [0.1, 0.15) is 11.4 Å². The van der Waals surface area contributed by atoms with Crippen LogP contribution in [-0.2, 0) is 17.9 Å². The van der Waals surface area contributed by atoms with Gasteiger partial charge in [0.2, 0.25) is 0 Å². The molecule has 0 bridgehead atoms. The maximum absolute atomic E-state index is 11.8. The molecule has 0 aliphatic carbocycles. The van der Waals surface area contributed by atoms with Crippen LogP contribution in [0.4, 0.5) is 11.5 Å². The molecule has 0 unspecified atom stereocenters. The highest BCUT2D eigenvalue weighted by Gasteiger charge is 2.16. The summed E-state index contributed by atoms with van der Waals surface area (Å²) in [6.07, 6.45) is 0. The summed E-state index contributed by atoms with van der Waals surface area (Å²) in [6.45, 7) is 2.63. The van der Waals surface area contributed by atoms with E-state index in [1.165, 1.54) is 11.6 Å². The smallest absolute Gasteiger partial charge is 0.253 e. The molecule has 1 aromatic carbocycles. The molecule has 0 spiro atoms. The van der Waals surface area contributed by atoms with Gasteiger partial charge in [0.15, 0.2) is 0 Å². The zero-order valence-corrected chi connectivity index (χ0v) is 11.9. The molecule has 0 saturated heterocycles. The third-order valence-corrected chi connectivity index (χ3v) is 3.46. The highest BCUT2D eigenvalue weighted by molar-refractivity contribution is 5.55. The highest BCUT2D eigenvalue weighted by atomic mass is 16.5. The van der Waals surface area contributed by atoms with Crippen molar-refractivity contribution < 1.29 is 4.74 Å². The van der Waals surface area contributed by atoms with Gasteiger partial charge in [-0.3, -0.25) is 4.79 Å². The van der Waals surface area contributed by atoms with E-state index in [4.69, 9.17) is 4.74 Å². The Balaban J connectivity index is 1.92. The van der Waals surface area contributed by atoms with E-state index < -0.39 is 0 Å². The SMILES string of the molecule is COCc1nc(N2CCNc3ccccc3C2)cc(=O)[nH]1. The van der Waals surface area contributed by atoms with Crippen molar-refractivity contribution in [3.05, 3.63) is 52.1 Å². The Morgan fingerprint density at radius 3 is 3.10 bits per heavy atom. The van der Waals surface area contributed by atoms with Gasteiger partial charge in [-0.15, -0.1) is 0 Å². The van der Waals surface area contributed by atoms with Crippen LogP contribution in [0.5, 0.6) is 0 Å². The molecule has 3 rings (SSSR count). The van der Waals surface area contributed by atoms with Crippen LogP contribution in [0.3, 0.4) is 0 Å². The molecule has 21 heavy (non-hydrogen) atoms. The quantitative estimate of drug-likeness (QED) is 0.891. The first-order chi connectivity index (χ1) is 10.3. The number of hydrogen-bond donors (Lipinski definition) is 2. The molecule has 1 aromatic heterocycles. The van der Waals surface area contributed by atoms with E-state index in [-0.39, 0.29) is 5.56 Å². The van der Waals surface area contributed by atoms with Gasteiger partial charge in [0.05, 0.1) is 0 Å². The predicted octanol–water partition coefficient (Wildman–Crippen LogP) is 1.35. The van der Waals surface area contributed by atoms with Gasteiger partial charge < -0.3 is 19.9 Å². The van der Waals surface area contributed by atoms with E-state index in [2.05, 4.69) is 32.3 Å². The zero-order chi connectivity index (χ0) is 14.7. The van der Waals surface area contributed by atoms with Crippen LogP contribution in [0.2, 0.25) is 0 Å². The minimum Gasteiger partial charge on any atom is -0.383 e. The van der Waals surface area contributed by atoms with E-state index in [1.807, 2.05) is 12.1 Å². The van der Waals surface area contributed by atoms with Gasteiger partial charge in [0.25, 0.3) is 5.56 Å². The number of H-pyrrole nitrogens is 1. The van der Waals surface area contributed by atoms with E-state index in [0.29, 0.717) is 18.2 Å². The number of hydrogen-bond acceptors (Lipinski definition) is 5. The van der Waals surface area contributed by atoms with Crippen molar-refractivity contribution in [1.29, 1.82) is 0 Å². The molecule has 6 heteroatoms. The van der Waals surface area contributed by atoms with Crippen molar-refractivity contribution in [3.8, 4) is 0 Å². The lowest BCUT2D eigenvalue weighted by Crippen LogP contribution is -2.28. The van der Waals surface area contributed by atoms with Crippen LogP contribution < -0.4 is 15.8 Å². The number of nitrogens with zero attached hydrogens (tertiary/aromatic N) is 2. The van der Waals surface area contributed by atoms with E-state index >= 15 is 0 Å². The number of rotatable bonds is 3. The standard InChI is InChI=1S/C15H18N4O2/c1-21-10-13-17-14(8-15(20)18-13)19-7-6-16-12-5-3-2-4-11(12)9-19/h2-5,8,16H,6-7,9-10H2,1H3,(H,17,18,20). The Labute approximate surface area is 122 Å². The number of benzene rings is 1. The number of aromatic amines is 1. The van der Waals surface area contributed by atoms with Crippen molar-refractivity contribution in [2.45, 2.75) is 13.2 Å². The molecule has 0 amide bonds. The second kappa shape index (κ2) is 5.97. The summed E-state index contributed by atoms with van der Waals surface area (Å²) in [5.74, 6) is 1.23. The van der Waals surface area contributed by atoms with Crippen molar-refractivity contribution in [2.75, 3.05) is 30.4 Å². The number of anilines is 2. The van der Waals surface area contributed by atoms with Crippen LogP contribution in [-0.4, -0.2) is 30.2 Å². The maximum atomic E-state index is 11.8. The lowest BCUT2D eigenvalue weighted by Gasteiger charge is -2.21. The molecular weight excluding hydrogens is 268 g/mol. The molecule has 6 nitrogen and oxygen atoms in total. The molecule has 0 atom stereocenters. The summed E-state index contributed by atoms with van der Waals surface area (Å²) >= 11 is 0. The lowest BCUT2D eigenvalue weighted by molar-refractivity contribution is 0.177. The molecule has 110 valence electrons. The largest absolute Gasteiger partial charge is 0.383 e. The predicted molar refractivity (Wildman–Crippen MR) is 81.6 cm³/mol. The number of nitrogens with one attached hydrogen (secondary N) is 2. The first kappa shape index (κ1) is 13.6. The number of ether oxygens (including phenoxy) is 1. The van der Waals surface area contributed by atoms with Gasteiger partial charge in [-0.05, 0) is 11.6 Å². The molecule has 0 radical (unpaired) electrons. The van der Waals surface area contributed by atoms with E-state index in [1.54, 1.807) is 7.11 Å². The summed E-state index contributed by atoms with van der Waals surface area (Å²) < 4.78 is 5.04. The Bertz CT molecular complexity index is 683. The Morgan fingerprint density at radius 2 is 2.24 bits per heavy atom. The fourth-order valence-corrected chi connectivity index (χ4v) is 2.50. The second-order valence-electron chi connectivity index (χ2n) is 4.99. The van der Waals surface area contributed by atoms with Crippen LogP contribution in [0.25, 0.3) is 0 Å². The number of aromatic nitrogens is 2. The number of fused-ring (bicyclic) bond motifs is 1. The van der Waals surface area contributed by atoms with E-state index in [9.17, 15) is 4.79 Å². The van der Waals surface area contributed by atoms with Gasteiger partial charge >= 0.3 is 0 Å². The topological polar surface area (TPSA) is 70.2 Å². The van der Waals surface area contributed by atoms with Gasteiger partial charge in [-0.25, -0.2) is 4.98 Å². The Morgan fingerprint density at radius 1 is 1.38 bits per heavy atom. The second-order valence-corrected chi connectivity index (χ2v) is 4.99. The Hall–Kier alpha value is -2.34. The molecule has 1 aliphatic rings. The highest BCUT2D eigenvalue weighted by Crippen LogP contribution is 2.22. The molecule has 2 aromatic rings. The molecular formula is C15H18N4O2. The van der Waals surface area contributed by atoms with Crippen molar-refractivity contribution in [3.63, 3.8) is 0 Å². The first-order valence-electron chi connectivity index (χ1n) is 6.92. The van der Waals surface area contributed by atoms with Gasteiger partial charge in [-0.2, -0.15) is 0 Å². The summed E-state index contributed by atoms with van der Waals surface area (Å²) in [4.78, 5) is 21.0. The van der Waals surface area contributed by atoms with Crippen molar-refractivity contribution in [2.24, 2.45) is 0 Å². The molecule has 2 N–H and O–H groups in total. The van der Waals surface area contributed by atoms with E-state index in [0.717, 1.165) is 25.3 Å². The summed E-state index contributed by atoms with van der Waals surface area (Å²) in [7, 11) is 1.58. The number of para-hydroxylation sites is 1. The molecule has 2 heterocycles. The average Bonchev–Trinajstić information content (AvgIpc) is 2.69. The summed E-state index contributed by atoms with van der Waals surface area (Å²) in [5, 5.41) is 3.40. The molecule has 0 fully saturated rings. The van der Waals surface area contributed by atoms with Crippen molar-refractivity contribution in [1.82, 2.24) is 9.97 Å². The number of methoxy groups -OCH3 is 1. The minimum absolute atomic E-state index is 0.155. The van der Waals surface area contributed by atoms with Crippen LogP contribution >= 0.6 is 0 Å². The summed E-state index contributed by atoms with van der Waals surface area (Å²) in [5.41, 5.74) is 2.19. The van der Waals surface area contributed by atoms with Gasteiger partial charge in [0.1, 0.15) is 18.2 Å². The van der Waals surface area contributed by atoms with Gasteiger partial charge in [-0.1, -0.05) is 18.2 Å². The average molecular weight is 286 g/mol. The maximum Gasteiger partial charge on any atom is 0.253 e. The van der Waals surface area contributed by atoms with Gasteiger partial charge in [0, 0.05) is 38.5 Å². The third kappa shape index (κ3) is 3.05. The summed E-state index contributed by atoms with van der Waals surface area (Å²) in [6, 6.07) is 9.73. The monoisotopic (exact) mass is 286 g/mol. The van der Waals surface area contributed by atoms with Crippen molar-refractivity contribution >= 4 is 11.5 Å². The minimum atomic E-state index is -0.155. The molecule has 1 aliphatic heterocycles. The normalized spacial score (nSPS) is 14.2. The fourth-order valence-electron chi connectivity index (χ4n) is 2.50. The third-order valence-electron chi connectivity index (χ3n) is 3.46. The Kier molecular flexibility index (Phi) is 3.87. The first-order valence-corrected chi connectivity index (χ1v) is 6.92. The molecule has 0 saturated carbocycles.